The molecule has 2 N–H and O–H groups in total. The van der Waals surface area contributed by atoms with E-state index in [0.717, 1.165) is 13.1 Å². The summed E-state index contributed by atoms with van der Waals surface area (Å²) in [5.74, 6) is -0.279. The maximum atomic E-state index is 11.8. The van der Waals surface area contributed by atoms with Gasteiger partial charge in [-0.15, -0.1) is 0 Å². The van der Waals surface area contributed by atoms with Crippen molar-refractivity contribution in [1.29, 1.82) is 0 Å². The molecular formula is C15H30N2O2. The molecule has 112 valence electrons. The van der Waals surface area contributed by atoms with E-state index in [1.54, 1.807) is 6.92 Å². The minimum absolute atomic E-state index is 0.279. The van der Waals surface area contributed by atoms with Crippen molar-refractivity contribution in [2.75, 3.05) is 19.7 Å². The van der Waals surface area contributed by atoms with Crippen molar-refractivity contribution in [2.45, 2.75) is 70.9 Å². The number of ether oxygens (including phenoxy) is 1. The summed E-state index contributed by atoms with van der Waals surface area (Å²) in [6.07, 6.45) is 7.03. The van der Waals surface area contributed by atoms with E-state index in [9.17, 15) is 4.79 Å². The van der Waals surface area contributed by atoms with Crippen molar-refractivity contribution in [3.8, 4) is 0 Å². The van der Waals surface area contributed by atoms with Crippen LogP contribution >= 0.6 is 0 Å². The predicted octanol–water partition coefficient (Wildman–Crippen LogP) is 2.31. The van der Waals surface area contributed by atoms with Gasteiger partial charge in [0.15, 0.2) is 0 Å². The van der Waals surface area contributed by atoms with Crippen LogP contribution in [0.15, 0.2) is 0 Å². The van der Waals surface area contributed by atoms with Crippen molar-refractivity contribution in [3.05, 3.63) is 0 Å². The number of esters is 1. The number of nitrogens with zero attached hydrogens (tertiary/aromatic N) is 1. The molecule has 1 rings (SSSR count). The van der Waals surface area contributed by atoms with Gasteiger partial charge in [0.05, 0.1) is 6.61 Å². The quantitative estimate of drug-likeness (QED) is 0.721. The Morgan fingerprint density at radius 2 is 2.16 bits per heavy atom. The summed E-state index contributed by atoms with van der Waals surface area (Å²) in [6.45, 7) is 8.27. The van der Waals surface area contributed by atoms with Crippen LogP contribution < -0.4 is 5.73 Å². The molecule has 1 heterocycles. The van der Waals surface area contributed by atoms with Crippen LogP contribution in [0.5, 0.6) is 0 Å². The SMILES string of the molecule is CCCC1CCCCN1CCC(C)(N)C(=O)OCC. The van der Waals surface area contributed by atoms with E-state index < -0.39 is 5.54 Å². The molecule has 0 bridgehead atoms. The van der Waals surface area contributed by atoms with Gasteiger partial charge in [-0.1, -0.05) is 19.8 Å². The van der Waals surface area contributed by atoms with Crippen LogP contribution in [0.3, 0.4) is 0 Å². The molecule has 0 aromatic heterocycles. The minimum Gasteiger partial charge on any atom is -0.465 e. The molecule has 2 unspecified atom stereocenters. The maximum absolute atomic E-state index is 11.8. The summed E-state index contributed by atoms with van der Waals surface area (Å²) in [7, 11) is 0. The van der Waals surface area contributed by atoms with Crippen LogP contribution in [0.2, 0.25) is 0 Å². The fourth-order valence-electron chi connectivity index (χ4n) is 2.79. The van der Waals surface area contributed by atoms with Gasteiger partial charge in [-0.25, -0.2) is 0 Å². The normalized spacial score (nSPS) is 23.9. The molecule has 4 heteroatoms. The lowest BCUT2D eigenvalue weighted by atomic mass is 9.95. The number of hydrogen-bond acceptors (Lipinski definition) is 4. The zero-order valence-electron chi connectivity index (χ0n) is 12.8. The van der Waals surface area contributed by atoms with Crippen molar-refractivity contribution in [2.24, 2.45) is 5.73 Å². The summed E-state index contributed by atoms with van der Waals surface area (Å²) >= 11 is 0. The van der Waals surface area contributed by atoms with E-state index in [0.29, 0.717) is 19.1 Å². The Labute approximate surface area is 117 Å². The summed E-state index contributed by atoms with van der Waals surface area (Å²) in [5.41, 5.74) is 5.22. The summed E-state index contributed by atoms with van der Waals surface area (Å²) in [5, 5.41) is 0. The van der Waals surface area contributed by atoms with Crippen LogP contribution in [-0.2, 0) is 9.53 Å². The second kappa shape index (κ2) is 7.85. The highest BCUT2D eigenvalue weighted by atomic mass is 16.5. The van der Waals surface area contributed by atoms with E-state index in [1.165, 1.54) is 32.1 Å². The molecule has 1 aliphatic rings. The molecule has 0 saturated carbocycles. The Morgan fingerprint density at radius 3 is 2.79 bits per heavy atom. The zero-order valence-corrected chi connectivity index (χ0v) is 12.8. The van der Waals surface area contributed by atoms with E-state index in [2.05, 4.69) is 11.8 Å². The van der Waals surface area contributed by atoms with Crippen molar-refractivity contribution < 1.29 is 9.53 Å². The van der Waals surface area contributed by atoms with Gasteiger partial charge in [-0.2, -0.15) is 0 Å². The van der Waals surface area contributed by atoms with E-state index >= 15 is 0 Å². The Morgan fingerprint density at radius 1 is 1.42 bits per heavy atom. The van der Waals surface area contributed by atoms with Gasteiger partial charge in [-0.05, 0) is 46.1 Å². The van der Waals surface area contributed by atoms with E-state index in [1.807, 2.05) is 6.92 Å². The van der Waals surface area contributed by atoms with Crippen LogP contribution in [0, 0.1) is 0 Å². The third-order valence-electron chi connectivity index (χ3n) is 4.03. The number of carbonyl (C=O) groups is 1. The van der Waals surface area contributed by atoms with Crippen LogP contribution in [0.1, 0.15) is 59.3 Å². The lowest BCUT2D eigenvalue weighted by molar-refractivity contribution is -0.149. The van der Waals surface area contributed by atoms with Gasteiger partial charge in [0.25, 0.3) is 0 Å². The molecule has 0 spiro atoms. The van der Waals surface area contributed by atoms with Gasteiger partial charge >= 0.3 is 5.97 Å². The monoisotopic (exact) mass is 270 g/mol. The van der Waals surface area contributed by atoms with Crippen molar-refractivity contribution in [3.63, 3.8) is 0 Å². The van der Waals surface area contributed by atoms with Gasteiger partial charge in [-0.3, -0.25) is 4.79 Å². The molecule has 0 aromatic carbocycles. The van der Waals surface area contributed by atoms with Crippen LogP contribution in [-0.4, -0.2) is 42.1 Å². The zero-order chi connectivity index (χ0) is 14.3. The molecule has 0 radical (unpaired) electrons. The molecule has 1 fully saturated rings. The number of rotatable bonds is 7. The minimum atomic E-state index is -0.857. The van der Waals surface area contributed by atoms with Gasteiger partial charge < -0.3 is 15.4 Å². The third-order valence-corrected chi connectivity index (χ3v) is 4.03. The lowest BCUT2D eigenvalue weighted by Gasteiger charge is -2.37. The third kappa shape index (κ3) is 5.11. The summed E-state index contributed by atoms with van der Waals surface area (Å²) in [4.78, 5) is 14.3. The molecule has 4 nitrogen and oxygen atoms in total. The largest absolute Gasteiger partial charge is 0.465 e. The predicted molar refractivity (Wildman–Crippen MR) is 78.0 cm³/mol. The molecule has 1 saturated heterocycles. The van der Waals surface area contributed by atoms with Gasteiger partial charge in [0.1, 0.15) is 5.54 Å². The van der Waals surface area contributed by atoms with Crippen molar-refractivity contribution in [1.82, 2.24) is 4.90 Å². The van der Waals surface area contributed by atoms with Gasteiger partial charge in [0.2, 0.25) is 0 Å². The number of nitrogens with two attached hydrogens (primary N) is 1. The molecule has 0 aliphatic carbocycles. The fraction of sp³-hybridized carbons (Fsp3) is 0.933. The Balaban J connectivity index is 2.46. The van der Waals surface area contributed by atoms with Crippen LogP contribution in [0.25, 0.3) is 0 Å². The summed E-state index contributed by atoms with van der Waals surface area (Å²) in [6, 6.07) is 0.678. The molecule has 0 amide bonds. The first kappa shape index (κ1) is 16.4. The standard InChI is InChI=1S/C15H30N2O2/c1-4-8-13-9-6-7-11-17(13)12-10-15(3,16)14(18)19-5-2/h13H,4-12,16H2,1-3H3. The summed E-state index contributed by atoms with van der Waals surface area (Å²) < 4.78 is 5.04. The molecule has 1 aliphatic heterocycles. The molecule has 2 atom stereocenters. The van der Waals surface area contributed by atoms with Crippen molar-refractivity contribution >= 4 is 5.97 Å². The highest BCUT2D eigenvalue weighted by molar-refractivity contribution is 5.79. The number of piperidine rings is 1. The average molecular weight is 270 g/mol. The highest BCUT2D eigenvalue weighted by Crippen LogP contribution is 2.22. The topological polar surface area (TPSA) is 55.6 Å². The Kier molecular flexibility index (Phi) is 6.80. The average Bonchev–Trinajstić information content (AvgIpc) is 2.38. The second-order valence-corrected chi connectivity index (χ2v) is 5.86. The second-order valence-electron chi connectivity index (χ2n) is 5.86. The number of carbonyl (C=O) groups excluding carboxylic acids is 1. The van der Waals surface area contributed by atoms with Crippen LogP contribution in [0.4, 0.5) is 0 Å². The smallest absolute Gasteiger partial charge is 0.325 e. The lowest BCUT2D eigenvalue weighted by Crippen LogP contribution is -2.50. The first-order valence-electron chi connectivity index (χ1n) is 7.71. The van der Waals surface area contributed by atoms with Gasteiger partial charge in [0, 0.05) is 12.6 Å². The van der Waals surface area contributed by atoms with E-state index in [4.69, 9.17) is 10.5 Å². The first-order valence-corrected chi connectivity index (χ1v) is 7.71. The number of hydrogen-bond donors (Lipinski definition) is 1. The number of likely N-dealkylation sites (tertiary alicyclic amines) is 1. The molecule has 19 heavy (non-hydrogen) atoms. The molecular weight excluding hydrogens is 240 g/mol. The first-order chi connectivity index (χ1) is 9.01. The fourth-order valence-corrected chi connectivity index (χ4v) is 2.79. The Hall–Kier alpha value is -0.610. The maximum Gasteiger partial charge on any atom is 0.325 e. The highest BCUT2D eigenvalue weighted by Gasteiger charge is 2.31. The van der Waals surface area contributed by atoms with E-state index in [-0.39, 0.29) is 5.97 Å². The molecule has 0 aromatic rings. The Bertz CT molecular complexity index is 277.